The summed E-state index contributed by atoms with van der Waals surface area (Å²) in [7, 11) is 0. The highest BCUT2D eigenvalue weighted by Gasteiger charge is 2.11. The fourth-order valence-corrected chi connectivity index (χ4v) is 2.60. The summed E-state index contributed by atoms with van der Waals surface area (Å²) in [6, 6.07) is 9.13. The van der Waals surface area contributed by atoms with Gasteiger partial charge in [-0.25, -0.2) is 4.98 Å². The van der Waals surface area contributed by atoms with Crippen LogP contribution in [0.4, 0.5) is 5.82 Å². The highest BCUT2D eigenvalue weighted by Crippen LogP contribution is 2.20. The number of benzene rings is 1. The number of halogens is 3. The predicted octanol–water partition coefficient (Wildman–Crippen LogP) is 4.46. The van der Waals surface area contributed by atoms with E-state index in [1.54, 1.807) is 24.4 Å². The molecule has 0 saturated heterocycles. The molecule has 2 aromatic rings. The molecule has 0 spiro atoms. The second-order valence-electron chi connectivity index (χ2n) is 3.44. The number of carbonyl (C=O) groups excluding carboxylic acids is 1. The molecule has 1 N–H and O–H groups in total. The molecule has 0 aliphatic heterocycles. The van der Waals surface area contributed by atoms with Crippen LogP contribution in [-0.4, -0.2) is 10.9 Å². The summed E-state index contributed by atoms with van der Waals surface area (Å²) in [4.78, 5) is 16.2. The summed E-state index contributed by atoms with van der Waals surface area (Å²) in [5.41, 5.74) is 0.617. The van der Waals surface area contributed by atoms with Gasteiger partial charge in [-0.1, -0.05) is 31.9 Å². The number of amides is 1. The number of nitrogens with one attached hydrogen (secondary N) is 1. The Morgan fingerprint density at radius 3 is 2.61 bits per heavy atom. The zero-order valence-corrected chi connectivity index (χ0v) is 14.3. The van der Waals surface area contributed by atoms with Gasteiger partial charge in [-0.3, -0.25) is 4.79 Å². The lowest BCUT2D eigenvalue weighted by Crippen LogP contribution is -2.14. The Kier molecular flexibility index (Phi) is 4.74. The van der Waals surface area contributed by atoms with Gasteiger partial charge >= 0.3 is 0 Å². The summed E-state index contributed by atoms with van der Waals surface area (Å²) >= 11 is 8.82. The van der Waals surface area contributed by atoms with Crippen molar-refractivity contribution in [3.05, 3.63) is 54.6 Å². The van der Waals surface area contributed by atoms with E-state index >= 15 is 0 Å². The fourth-order valence-electron chi connectivity index (χ4n) is 1.33. The second kappa shape index (κ2) is 6.12. The van der Waals surface area contributed by atoms with Gasteiger partial charge in [-0.15, -0.1) is 0 Å². The minimum absolute atomic E-state index is 0.175. The van der Waals surface area contributed by atoms with E-state index in [0.29, 0.717) is 11.4 Å². The molecule has 1 aromatic heterocycles. The van der Waals surface area contributed by atoms with Gasteiger partial charge in [0.15, 0.2) is 0 Å². The van der Waals surface area contributed by atoms with Crippen molar-refractivity contribution in [3.8, 4) is 0 Å². The van der Waals surface area contributed by atoms with Gasteiger partial charge in [0.2, 0.25) is 0 Å². The Hall–Kier alpha value is -0.470. The highest BCUT2D eigenvalue weighted by molar-refractivity contribution is 14.1. The molecule has 92 valence electrons. The van der Waals surface area contributed by atoms with Gasteiger partial charge in [0, 0.05) is 18.7 Å². The molecule has 2 rings (SSSR count). The summed E-state index contributed by atoms with van der Waals surface area (Å²) in [5.74, 6) is 0.344. The van der Waals surface area contributed by atoms with Crippen molar-refractivity contribution in [2.45, 2.75) is 0 Å². The van der Waals surface area contributed by atoms with Gasteiger partial charge in [-0.2, -0.15) is 0 Å². The Morgan fingerprint density at radius 2 is 1.89 bits per heavy atom. The van der Waals surface area contributed by atoms with Crippen LogP contribution in [0.25, 0.3) is 0 Å². The van der Waals surface area contributed by atoms with Gasteiger partial charge in [0.25, 0.3) is 5.91 Å². The lowest BCUT2D eigenvalue weighted by atomic mass is 10.2. The standard InChI is InChI=1S/C12H7Br2IN2O/c13-7-1-2-10(15)9(5-7)12(18)17-11-6-8(14)3-4-16-11/h1-6H,(H,16,17,18). The topological polar surface area (TPSA) is 42.0 Å². The minimum Gasteiger partial charge on any atom is -0.307 e. The third kappa shape index (κ3) is 3.52. The molecular weight excluding hydrogens is 475 g/mol. The molecule has 0 saturated carbocycles. The van der Waals surface area contributed by atoms with Crippen molar-refractivity contribution in [3.63, 3.8) is 0 Å². The van der Waals surface area contributed by atoms with E-state index in [-0.39, 0.29) is 5.91 Å². The maximum absolute atomic E-state index is 12.1. The molecule has 1 heterocycles. The van der Waals surface area contributed by atoms with E-state index in [1.807, 2.05) is 12.1 Å². The molecular formula is C12H7Br2IN2O. The van der Waals surface area contributed by atoms with Crippen LogP contribution < -0.4 is 5.32 Å². The van der Waals surface area contributed by atoms with Crippen LogP contribution in [0.15, 0.2) is 45.5 Å². The molecule has 0 fully saturated rings. The maximum atomic E-state index is 12.1. The zero-order valence-electron chi connectivity index (χ0n) is 8.95. The van der Waals surface area contributed by atoms with Crippen molar-refractivity contribution < 1.29 is 4.79 Å². The molecule has 6 heteroatoms. The molecule has 0 aliphatic rings. The molecule has 0 radical (unpaired) electrons. The molecule has 3 nitrogen and oxygen atoms in total. The summed E-state index contributed by atoms with van der Waals surface area (Å²) in [6.45, 7) is 0. The Balaban J connectivity index is 2.24. The lowest BCUT2D eigenvalue weighted by molar-refractivity contribution is 0.102. The molecule has 1 amide bonds. The largest absolute Gasteiger partial charge is 0.307 e. The van der Waals surface area contributed by atoms with Crippen molar-refractivity contribution >= 4 is 66.2 Å². The fraction of sp³-hybridized carbons (Fsp3) is 0. The number of hydrogen-bond acceptors (Lipinski definition) is 2. The summed E-state index contributed by atoms with van der Waals surface area (Å²) in [5, 5.41) is 2.76. The average Bonchev–Trinajstić information content (AvgIpc) is 2.32. The number of carbonyl (C=O) groups is 1. The van der Waals surface area contributed by atoms with Crippen LogP contribution in [0.5, 0.6) is 0 Å². The van der Waals surface area contributed by atoms with Crippen LogP contribution in [0, 0.1) is 3.57 Å². The Morgan fingerprint density at radius 1 is 1.17 bits per heavy atom. The SMILES string of the molecule is O=C(Nc1cc(Br)ccn1)c1cc(Br)ccc1I. The number of rotatable bonds is 2. The monoisotopic (exact) mass is 480 g/mol. The first kappa shape index (κ1) is 14.0. The van der Waals surface area contributed by atoms with Crippen molar-refractivity contribution in [2.24, 2.45) is 0 Å². The van der Waals surface area contributed by atoms with Gasteiger partial charge < -0.3 is 5.32 Å². The van der Waals surface area contributed by atoms with E-state index in [0.717, 1.165) is 12.5 Å². The van der Waals surface area contributed by atoms with Crippen LogP contribution in [-0.2, 0) is 0 Å². The normalized spacial score (nSPS) is 10.2. The Bertz CT molecular complexity index is 604. The Labute approximate surface area is 135 Å². The van der Waals surface area contributed by atoms with E-state index in [9.17, 15) is 4.79 Å². The van der Waals surface area contributed by atoms with Gasteiger partial charge in [-0.05, 0) is 52.9 Å². The van der Waals surface area contributed by atoms with E-state index in [4.69, 9.17) is 0 Å². The molecule has 1 aromatic carbocycles. The lowest BCUT2D eigenvalue weighted by Gasteiger charge is -2.07. The number of hydrogen-bond donors (Lipinski definition) is 1. The molecule has 0 unspecified atom stereocenters. The van der Waals surface area contributed by atoms with Crippen molar-refractivity contribution in [1.82, 2.24) is 4.98 Å². The molecule has 0 aliphatic carbocycles. The third-order valence-corrected chi connectivity index (χ3v) is 4.06. The number of nitrogens with zero attached hydrogens (tertiary/aromatic N) is 1. The average molecular weight is 482 g/mol. The van der Waals surface area contributed by atoms with Gasteiger partial charge in [0.1, 0.15) is 5.82 Å². The first-order valence-electron chi connectivity index (χ1n) is 4.94. The van der Waals surface area contributed by atoms with Crippen molar-refractivity contribution in [2.75, 3.05) is 5.32 Å². The number of aromatic nitrogens is 1. The molecule has 0 atom stereocenters. The highest BCUT2D eigenvalue weighted by atomic mass is 127. The maximum Gasteiger partial charge on any atom is 0.257 e. The van der Waals surface area contributed by atoms with E-state index in [1.165, 1.54) is 0 Å². The first-order chi connectivity index (χ1) is 8.56. The van der Waals surface area contributed by atoms with Gasteiger partial charge in [0.05, 0.1) is 5.56 Å². The van der Waals surface area contributed by atoms with Crippen molar-refractivity contribution in [1.29, 1.82) is 0 Å². The van der Waals surface area contributed by atoms with Crippen LogP contribution in [0.1, 0.15) is 10.4 Å². The number of anilines is 1. The third-order valence-electron chi connectivity index (χ3n) is 2.14. The zero-order chi connectivity index (χ0) is 13.1. The number of pyridine rings is 1. The smallest absolute Gasteiger partial charge is 0.257 e. The van der Waals surface area contributed by atoms with E-state index < -0.39 is 0 Å². The van der Waals surface area contributed by atoms with Crippen LogP contribution in [0.2, 0.25) is 0 Å². The molecule has 18 heavy (non-hydrogen) atoms. The first-order valence-corrected chi connectivity index (χ1v) is 7.61. The van der Waals surface area contributed by atoms with E-state index in [2.05, 4.69) is 64.8 Å². The predicted molar refractivity (Wildman–Crippen MR) is 86.7 cm³/mol. The van der Waals surface area contributed by atoms with Crippen LogP contribution in [0.3, 0.4) is 0 Å². The summed E-state index contributed by atoms with van der Waals surface area (Å²) in [6.07, 6.45) is 1.63. The quantitative estimate of drug-likeness (QED) is 0.643. The minimum atomic E-state index is -0.175. The summed E-state index contributed by atoms with van der Waals surface area (Å²) < 4.78 is 2.63. The second-order valence-corrected chi connectivity index (χ2v) is 6.43. The van der Waals surface area contributed by atoms with Crippen LogP contribution >= 0.6 is 54.5 Å². The molecule has 0 bridgehead atoms.